The van der Waals surface area contributed by atoms with E-state index < -0.39 is 5.97 Å². The molecule has 0 aliphatic heterocycles. The smallest absolute Gasteiger partial charge is 1.00 e. The maximum atomic E-state index is 10.0. The van der Waals surface area contributed by atoms with Crippen molar-refractivity contribution >= 4 is 29.0 Å². The summed E-state index contributed by atoms with van der Waals surface area (Å²) in [5.41, 5.74) is 0. The molecule has 0 saturated carbocycles. The Balaban J connectivity index is -0.0000000675. The van der Waals surface area contributed by atoms with E-state index in [1.54, 1.807) is 0 Å². The molecule has 0 atom stereocenters. The van der Waals surface area contributed by atoms with E-state index in [2.05, 4.69) is 6.92 Å². The number of rotatable bonds is 6. The van der Waals surface area contributed by atoms with Gasteiger partial charge >= 0.3 is 29.0 Å². The minimum Gasteiger partial charge on any atom is -1.00 e. The van der Waals surface area contributed by atoms with E-state index in [4.69, 9.17) is 5.11 Å². The molecule has 1 radical (unpaired) electrons. The van der Waals surface area contributed by atoms with Crippen molar-refractivity contribution < 1.29 is 36.4 Å². The van der Waals surface area contributed by atoms with Crippen molar-refractivity contribution in [3.63, 3.8) is 0 Å². The van der Waals surface area contributed by atoms with Crippen LogP contribution >= 0.6 is 0 Å². The third-order valence-corrected chi connectivity index (χ3v) is 1.49. The summed E-state index contributed by atoms with van der Waals surface area (Å²) in [4.78, 5) is 10.0. The average molecular weight is 270 g/mol. The molecule has 87 valence electrons. The minimum absolute atomic E-state index is 0. The molecule has 0 saturated heterocycles. The average Bonchev–Trinajstić information content (AvgIpc) is 1.87. The number of unbranched alkanes of at least 4 members (excludes halogenated alkanes) is 4. The molecule has 2 nitrogen and oxygen atoms in total. The molecule has 14 heavy (non-hydrogen) atoms. The monoisotopic (exact) mass is 269 g/mol. The van der Waals surface area contributed by atoms with E-state index in [9.17, 15) is 4.79 Å². The van der Waals surface area contributed by atoms with Gasteiger partial charge in [-0.25, -0.2) is 0 Å². The Hall–Kier alpha value is 0.616. The third-order valence-electron chi connectivity index (χ3n) is 1.49. The van der Waals surface area contributed by atoms with E-state index in [1.165, 1.54) is 19.3 Å². The van der Waals surface area contributed by atoms with E-state index in [0.717, 1.165) is 12.8 Å². The fourth-order valence-corrected chi connectivity index (χ4v) is 0.880. The number of hydrogen-bond acceptors (Lipinski definition) is 1. The van der Waals surface area contributed by atoms with Crippen LogP contribution in [-0.2, 0) is 21.9 Å². The van der Waals surface area contributed by atoms with Crippen LogP contribution in [0.15, 0.2) is 0 Å². The van der Waals surface area contributed by atoms with Crippen molar-refractivity contribution in [2.75, 3.05) is 0 Å². The van der Waals surface area contributed by atoms with Crippen LogP contribution in [0.5, 0.6) is 0 Å². The second kappa shape index (κ2) is 23.4. The zero-order valence-corrected chi connectivity index (χ0v) is 10.7. The van der Waals surface area contributed by atoms with Crippen molar-refractivity contribution in [2.45, 2.75) is 45.4 Å². The van der Waals surface area contributed by atoms with Gasteiger partial charge in [-0.2, -0.15) is 0 Å². The van der Waals surface area contributed by atoms with Crippen molar-refractivity contribution in [3.05, 3.63) is 0 Å². The predicted octanol–water partition coefficient (Wildman–Crippen LogP) is -3.94. The van der Waals surface area contributed by atoms with Crippen LogP contribution in [-0.4, -0.2) is 34.1 Å². The van der Waals surface area contributed by atoms with Gasteiger partial charge in [-0.3, -0.25) is 4.79 Å². The summed E-state index contributed by atoms with van der Waals surface area (Å²) in [5.74, 6) is -0.670. The third kappa shape index (κ3) is 29.3. The molecule has 1 N–H and O–H groups in total. The van der Waals surface area contributed by atoms with Gasteiger partial charge in [0, 0.05) is 23.5 Å². The molecule has 0 rings (SSSR count). The molecule has 6 heteroatoms. The molecule has 0 fully saturated rings. The Morgan fingerprint density at radius 2 is 1.50 bits per heavy atom. The van der Waals surface area contributed by atoms with E-state index in [0.29, 0.717) is 6.42 Å². The summed E-state index contributed by atoms with van der Waals surface area (Å²) in [6.45, 7) is 2.15. The summed E-state index contributed by atoms with van der Waals surface area (Å²) >= 11 is 0. The summed E-state index contributed by atoms with van der Waals surface area (Å²) in [7, 11) is 0. The summed E-state index contributed by atoms with van der Waals surface area (Å²) < 4.78 is 0. The summed E-state index contributed by atoms with van der Waals surface area (Å²) in [5, 5.41) is 8.27. The largest absolute Gasteiger partial charge is 2.00 e. The molecule has 0 unspecified atom stereocenters. The first-order valence-electron chi connectivity index (χ1n) is 3.99. The summed E-state index contributed by atoms with van der Waals surface area (Å²) in [6, 6.07) is 0. The van der Waals surface area contributed by atoms with Gasteiger partial charge in [0.2, 0.25) is 0 Å². The molecular weight excluding hydrogens is 254 g/mol. The van der Waals surface area contributed by atoms with Crippen LogP contribution in [0, 0.1) is 0 Å². The van der Waals surface area contributed by atoms with Crippen LogP contribution in [0.2, 0.25) is 0 Å². The van der Waals surface area contributed by atoms with Crippen molar-refractivity contribution in [2.24, 2.45) is 0 Å². The molecule has 0 aliphatic carbocycles. The Morgan fingerprint density at radius 1 is 1.07 bits per heavy atom. The van der Waals surface area contributed by atoms with Crippen molar-refractivity contribution in [1.29, 1.82) is 0 Å². The number of hydrogen-bond donors (Lipinski definition) is 1. The van der Waals surface area contributed by atoms with Crippen molar-refractivity contribution in [1.82, 2.24) is 0 Å². The second-order valence-corrected chi connectivity index (χ2v) is 2.56. The minimum atomic E-state index is -0.670. The van der Waals surface area contributed by atoms with Crippen molar-refractivity contribution in [3.8, 4) is 0 Å². The molecular formula is C8H16CuF2MgO2. The topological polar surface area (TPSA) is 37.3 Å². The normalized spacial score (nSPS) is 6.93. The Kier molecular flexibility index (Phi) is 49.1. The van der Waals surface area contributed by atoms with Crippen LogP contribution in [0.1, 0.15) is 45.4 Å². The number of halogens is 2. The number of aliphatic carboxylic acids is 1. The van der Waals surface area contributed by atoms with Crippen LogP contribution in [0.3, 0.4) is 0 Å². The summed E-state index contributed by atoms with van der Waals surface area (Å²) in [6.07, 6.45) is 5.88. The molecule has 0 aromatic heterocycles. The van der Waals surface area contributed by atoms with E-state index in [1.807, 2.05) is 0 Å². The predicted molar refractivity (Wildman–Crippen MR) is 46.8 cm³/mol. The number of carbonyl (C=O) groups is 1. The van der Waals surface area contributed by atoms with Gasteiger partial charge in [-0.1, -0.05) is 32.6 Å². The van der Waals surface area contributed by atoms with Gasteiger partial charge in [0.15, 0.2) is 0 Å². The van der Waals surface area contributed by atoms with Crippen LogP contribution in [0.4, 0.5) is 0 Å². The van der Waals surface area contributed by atoms with Gasteiger partial charge in [0.25, 0.3) is 0 Å². The molecule has 0 aliphatic rings. The van der Waals surface area contributed by atoms with Gasteiger partial charge in [-0.05, 0) is 6.42 Å². The second-order valence-electron chi connectivity index (χ2n) is 2.56. The van der Waals surface area contributed by atoms with Gasteiger partial charge < -0.3 is 14.5 Å². The maximum Gasteiger partial charge on any atom is 2.00 e. The number of carboxylic acid groups (broad SMARTS) is 1. The first-order chi connectivity index (χ1) is 4.77. The number of carboxylic acids is 1. The Labute approximate surface area is 111 Å². The molecule has 0 aromatic carbocycles. The van der Waals surface area contributed by atoms with E-state index in [-0.39, 0.29) is 49.5 Å². The van der Waals surface area contributed by atoms with Gasteiger partial charge in [0.05, 0.1) is 0 Å². The van der Waals surface area contributed by atoms with Gasteiger partial charge in [0.1, 0.15) is 0 Å². The zero-order chi connectivity index (χ0) is 7.82. The quantitative estimate of drug-likeness (QED) is 0.395. The Morgan fingerprint density at radius 3 is 1.86 bits per heavy atom. The standard InChI is InChI=1S/C8H16O2.Cu.2FH.Mg/c1-2-3-4-5-6-7-8(9)10;;;;/h2-7H2,1H3,(H,9,10);;2*1H;/q;;;;+2/p-2. The zero-order valence-electron chi connectivity index (χ0n) is 8.36. The van der Waals surface area contributed by atoms with Crippen LogP contribution < -0.4 is 9.41 Å². The molecule has 0 amide bonds. The molecule has 0 spiro atoms. The fraction of sp³-hybridized carbons (Fsp3) is 0.875. The molecule has 0 aromatic rings. The Bertz CT molecular complexity index is 107. The maximum absolute atomic E-state index is 10.0. The van der Waals surface area contributed by atoms with E-state index >= 15 is 0 Å². The first kappa shape index (κ1) is 29.3. The SMILES string of the molecule is CCCCCCCC(=O)O.[Cu].[F-].[F-].[Mg+2]. The molecule has 0 bridgehead atoms. The van der Waals surface area contributed by atoms with Gasteiger partial charge in [-0.15, -0.1) is 0 Å². The molecule has 0 heterocycles. The fourth-order valence-electron chi connectivity index (χ4n) is 0.880. The van der Waals surface area contributed by atoms with Crippen LogP contribution in [0.25, 0.3) is 0 Å². The first-order valence-corrected chi connectivity index (χ1v) is 3.99.